The van der Waals surface area contributed by atoms with Crippen LogP contribution in [-0.4, -0.2) is 22.2 Å². The summed E-state index contributed by atoms with van der Waals surface area (Å²) >= 11 is 0. The highest BCUT2D eigenvalue weighted by molar-refractivity contribution is 6.00. The van der Waals surface area contributed by atoms with Gasteiger partial charge in [0.25, 0.3) is 0 Å². The van der Waals surface area contributed by atoms with Crippen molar-refractivity contribution in [3.05, 3.63) is 30.6 Å². The van der Waals surface area contributed by atoms with Crippen LogP contribution in [0, 0.1) is 0 Å². The van der Waals surface area contributed by atoms with E-state index in [0.717, 1.165) is 47.8 Å². The van der Waals surface area contributed by atoms with Gasteiger partial charge in [-0.05, 0) is 31.0 Å². The topological polar surface area (TPSA) is 71.2 Å². The zero-order valence-corrected chi connectivity index (χ0v) is 10.9. The molecule has 4 nitrogen and oxygen atoms in total. The van der Waals surface area contributed by atoms with Gasteiger partial charge in [-0.3, -0.25) is 4.98 Å². The minimum atomic E-state index is -0.560. The molecule has 1 aliphatic rings. The first kappa shape index (κ1) is 12.2. The quantitative estimate of drug-likeness (QED) is 0.739. The maximum atomic E-state index is 10.4. The molecule has 1 heterocycles. The van der Waals surface area contributed by atoms with Gasteiger partial charge in [0, 0.05) is 41.1 Å². The average molecular weight is 257 g/mol. The first-order chi connectivity index (χ1) is 9.18. The van der Waals surface area contributed by atoms with Gasteiger partial charge in [-0.15, -0.1) is 0 Å². The highest BCUT2D eigenvalue weighted by Crippen LogP contribution is 2.32. The third kappa shape index (κ3) is 2.36. The molecule has 0 atom stereocenters. The summed E-state index contributed by atoms with van der Waals surface area (Å²) in [6, 6.07) is 5.77. The molecule has 0 saturated heterocycles. The van der Waals surface area contributed by atoms with Crippen molar-refractivity contribution in [1.82, 2.24) is 4.98 Å². The van der Waals surface area contributed by atoms with Gasteiger partial charge in [0.2, 0.25) is 0 Å². The summed E-state index contributed by atoms with van der Waals surface area (Å²) in [7, 11) is 0. The number of nitrogens with zero attached hydrogens (tertiary/aromatic N) is 1. The SMILES string of the molecule is Nc1ccc(NCC2(O)CCCC2)c2cnccc12. The van der Waals surface area contributed by atoms with Crippen LogP contribution in [0.3, 0.4) is 0 Å². The van der Waals surface area contributed by atoms with Crippen molar-refractivity contribution in [2.24, 2.45) is 0 Å². The van der Waals surface area contributed by atoms with Crippen molar-refractivity contribution in [1.29, 1.82) is 0 Å². The molecule has 100 valence electrons. The van der Waals surface area contributed by atoms with E-state index in [-0.39, 0.29) is 0 Å². The molecule has 0 spiro atoms. The van der Waals surface area contributed by atoms with E-state index in [1.165, 1.54) is 0 Å². The van der Waals surface area contributed by atoms with E-state index in [1.54, 1.807) is 6.20 Å². The lowest BCUT2D eigenvalue weighted by Gasteiger charge is -2.23. The number of pyridine rings is 1. The summed E-state index contributed by atoms with van der Waals surface area (Å²) in [5.74, 6) is 0. The molecule has 0 bridgehead atoms. The molecule has 1 aliphatic carbocycles. The predicted molar refractivity (Wildman–Crippen MR) is 78.1 cm³/mol. The Hall–Kier alpha value is -1.81. The molecule has 1 fully saturated rings. The van der Waals surface area contributed by atoms with Gasteiger partial charge < -0.3 is 16.2 Å². The highest BCUT2D eigenvalue weighted by Gasteiger charge is 2.30. The summed E-state index contributed by atoms with van der Waals surface area (Å²) in [5, 5.41) is 15.7. The number of nitrogens with two attached hydrogens (primary N) is 1. The van der Waals surface area contributed by atoms with Gasteiger partial charge in [0.15, 0.2) is 0 Å². The standard InChI is InChI=1S/C15H19N3O/c16-13-3-4-14(12-9-17-8-5-11(12)13)18-10-15(19)6-1-2-7-15/h3-5,8-9,18-19H,1-2,6-7,10,16H2. The normalized spacial score (nSPS) is 17.7. The number of aromatic nitrogens is 1. The number of hydrogen-bond acceptors (Lipinski definition) is 4. The van der Waals surface area contributed by atoms with E-state index in [9.17, 15) is 5.11 Å². The number of hydrogen-bond donors (Lipinski definition) is 3. The minimum Gasteiger partial charge on any atom is -0.398 e. The molecule has 4 N–H and O–H groups in total. The smallest absolute Gasteiger partial charge is 0.0819 e. The number of nitrogens with one attached hydrogen (secondary N) is 1. The Bertz CT molecular complexity index is 591. The second-order valence-corrected chi connectivity index (χ2v) is 5.41. The third-order valence-electron chi connectivity index (χ3n) is 3.99. The van der Waals surface area contributed by atoms with Crippen LogP contribution in [-0.2, 0) is 0 Å². The van der Waals surface area contributed by atoms with Crippen LogP contribution in [0.15, 0.2) is 30.6 Å². The Kier molecular flexibility index (Phi) is 3.03. The lowest BCUT2D eigenvalue weighted by atomic mass is 10.0. The molecule has 3 rings (SSSR count). The van der Waals surface area contributed by atoms with Crippen LogP contribution in [0.5, 0.6) is 0 Å². The van der Waals surface area contributed by atoms with Gasteiger partial charge in [-0.1, -0.05) is 12.8 Å². The van der Waals surface area contributed by atoms with Crippen LogP contribution >= 0.6 is 0 Å². The van der Waals surface area contributed by atoms with E-state index >= 15 is 0 Å². The zero-order valence-electron chi connectivity index (χ0n) is 10.9. The van der Waals surface area contributed by atoms with Gasteiger partial charge in [0.05, 0.1) is 5.60 Å². The van der Waals surface area contributed by atoms with Crippen molar-refractivity contribution in [2.75, 3.05) is 17.6 Å². The second-order valence-electron chi connectivity index (χ2n) is 5.41. The van der Waals surface area contributed by atoms with Crippen molar-refractivity contribution in [2.45, 2.75) is 31.3 Å². The number of benzene rings is 1. The fraction of sp³-hybridized carbons (Fsp3) is 0.400. The average Bonchev–Trinajstić information content (AvgIpc) is 2.86. The molecule has 0 amide bonds. The Balaban J connectivity index is 1.87. The maximum Gasteiger partial charge on any atom is 0.0819 e. The maximum absolute atomic E-state index is 10.4. The van der Waals surface area contributed by atoms with E-state index in [1.807, 2.05) is 24.4 Å². The molecule has 0 radical (unpaired) electrons. The Morgan fingerprint density at radius 1 is 1.21 bits per heavy atom. The van der Waals surface area contributed by atoms with Crippen LogP contribution in [0.4, 0.5) is 11.4 Å². The zero-order chi connectivity index (χ0) is 13.3. The summed E-state index contributed by atoms with van der Waals surface area (Å²) < 4.78 is 0. The second kappa shape index (κ2) is 4.70. The van der Waals surface area contributed by atoms with E-state index in [4.69, 9.17) is 5.73 Å². The third-order valence-corrected chi connectivity index (χ3v) is 3.99. The highest BCUT2D eigenvalue weighted by atomic mass is 16.3. The molecule has 1 saturated carbocycles. The fourth-order valence-electron chi connectivity index (χ4n) is 2.84. The Morgan fingerprint density at radius 3 is 2.79 bits per heavy atom. The minimum absolute atomic E-state index is 0.560. The van der Waals surface area contributed by atoms with Gasteiger partial charge in [0.1, 0.15) is 0 Å². The largest absolute Gasteiger partial charge is 0.398 e. The first-order valence-corrected chi connectivity index (χ1v) is 6.76. The summed E-state index contributed by atoms with van der Waals surface area (Å²) in [5.41, 5.74) is 7.14. The molecular weight excluding hydrogens is 238 g/mol. The lowest BCUT2D eigenvalue weighted by Crippen LogP contribution is -2.33. The molecule has 4 heteroatoms. The van der Waals surface area contributed by atoms with Crippen LogP contribution < -0.4 is 11.1 Å². The summed E-state index contributed by atoms with van der Waals surface area (Å²) in [4.78, 5) is 4.15. The number of anilines is 2. The summed E-state index contributed by atoms with van der Waals surface area (Å²) in [6.07, 6.45) is 7.54. The predicted octanol–water partition coefficient (Wildman–Crippen LogP) is 2.53. The molecular formula is C15H19N3O. The van der Waals surface area contributed by atoms with Gasteiger partial charge in [-0.2, -0.15) is 0 Å². The van der Waals surface area contributed by atoms with E-state index in [2.05, 4.69) is 10.3 Å². The first-order valence-electron chi connectivity index (χ1n) is 6.76. The monoisotopic (exact) mass is 257 g/mol. The fourth-order valence-corrected chi connectivity index (χ4v) is 2.84. The van der Waals surface area contributed by atoms with Crippen molar-refractivity contribution in [3.8, 4) is 0 Å². The van der Waals surface area contributed by atoms with Crippen LogP contribution in [0.1, 0.15) is 25.7 Å². The lowest BCUT2D eigenvalue weighted by molar-refractivity contribution is 0.0615. The van der Waals surface area contributed by atoms with Crippen molar-refractivity contribution in [3.63, 3.8) is 0 Å². The van der Waals surface area contributed by atoms with Crippen molar-refractivity contribution < 1.29 is 5.11 Å². The van der Waals surface area contributed by atoms with Gasteiger partial charge in [-0.25, -0.2) is 0 Å². The number of fused-ring (bicyclic) bond motifs is 1. The number of aliphatic hydroxyl groups is 1. The number of rotatable bonds is 3. The van der Waals surface area contributed by atoms with Crippen molar-refractivity contribution >= 4 is 22.1 Å². The molecule has 0 unspecified atom stereocenters. The van der Waals surface area contributed by atoms with Gasteiger partial charge >= 0.3 is 0 Å². The van der Waals surface area contributed by atoms with E-state index < -0.39 is 5.60 Å². The molecule has 19 heavy (non-hydrogen) atoms. The van der Waals surface area contributed by atoms with Crippen LogP contribution in [0.25, 0.3) is 10.8 Å². The summed E-state index contributed by atoms with van der Waals surface area (Å²) in [6.45, 7) is 0.584. The van der Waals surface area contributed by atoms with Crippen LogP contribution in [0.2, 0.25) is 0 Å². The molecule has 1 aromatic carbocycles. The Labute approximate surface area is 112 Å². The van der Waals surface area contributed by atoms with E-state index in [0.29, 0.717) is 6.54 Å². The molecule has 1 aromatic heterocycles. The molecule has 2 aromatic rings. The molecule has 0 aliphatic heterocycles. The number of nitrogen functional groups attached to an aromatic ring is 1. The Morgan fingerprint density at radius 2 is 2.00 bits per heavy atom.